The normalized spacial score (nSPS) is 4.50. The van der Waals surface area contributed by atoms with Crippen molar-refractivity contribution in [3.05, 3.63) is 0 Å². The number of rotatable bonds is 0. The Labute approximate surface area is 54.9 Å². The number of hydrogen-bond acceptors (Lipinski definition) is 0. The van der Waals surface area contributed by atoms with E-state index < -0.39 is 21.8 Å². The molecule has 0 nitrogen and oxygen atoms in total. The van der Waals surface area contributed by atoms with Crippen LogP contribution in [0.4, 0.5) is 0 Å². The maximum atomic E-state index is 4.96. The average molecular weight is 333 g/mol. The molecular weight excluding hydrogens is 333 g/mol. The molecule has 25 valence electrons. The van der Waals surface area contributed by atoms with Gasteiger partial charge in [-0.15, -0.1) is 0 Å². The van der Waals surface area contributed by atoms with Gasteiger partial charge in [0, 0.05) is 17.1 Å². The third kappa shape index (κ3) is 8.98. The van der Waals surface area contributed by atoms with E-state index in [4.69, 9.17) is 16.6 Å². The Morgan fingerprint density at radius 3 is 1.25 bits per heavy atom. The van der Waals surface area contributed by atoms with Gasteiger partial charge in [0.25, 0.3) is 0 Å². The van der Waals surface area contributed by atoms with Crippen LogP contribution in [-0.2, 0) is 17.1 Å². The van der Waals surface area contributed by atoms with Gasteiger partial charge in [-0.05, 0) is 0 Å². The molecule has 0 aromatic rings. The SMILES string of the molecule is [Cl][Pb][Cl].[Mn]. The van der Waals surface area contributed by atoms with E-state index in [2.05, 4.69) is 0 Å². The van der Waals surface area contributed by atoms with Gasteiger partial charge in [-0.25, -0.2) is 0 Å². The molecule has 0 fully saturated rings. The van der Waals surface area contributed by atoms with Crippen molar-refractivity contribution in [2.75, 3.05) is 0 Å². The fourth-order valence-electron chi connectivity index (χ4n) is 0. The van der Waals surface area contributed by atoms with Crippen LogP contribution >= 0.6 is 16.6 Å². The van der Waals surface area contributed by atoms with Gasteiger partial charge in [0.15, 0.2) is 0 Å². The van der Waals surface area contributed by atoms with Crippen LogP contribution in [0.25, 0.3) is 0 Å². The van der Waals surface area contributed by atoms with Crippen LogP contribution in [0, 0.1) is 0 Å². The molecule has 4 heavy (non-hydrogen) atoms. The first kappa shape index (κ1) is 9.39. The summed E-state index contributed by atoms with van der Waals surface area (Å²) >= 11 is -0.972. The second-order valence-corrected chi connectivity index (χ2v) is 5.64. The Morgan fingerprint density at radius 2 is 1.25 bits per heavy atom. The van der Waals surface area contributed by atoms with Crippen LogP contribution in [-0.4, -0.2) is 21.8 Å². The fraction of sp³-hybridized carbons (Fsp3) is 0. The molecule has 0 heterocycles. The smallest absolute Gasteiger partial charge is 0 e. The minimum atomic E-state index is -0.972. The van der Waals surface area contributed by atoms with Crippen molar-refractivity contribution in [3.8, 4) is 0 Å². The molecule has 0 aromatic heterocycles. The van der Waals surface area contributed by atoms with Gasteiger partial charge in [-0.3, -0.25) is 0 Å². The van der Waals surface area contributed by atoms with Crippen LogP contribution < -0.4 is 0 Å². The zero-order valence-corrected chi connectivity index (χ0v) is 8.21. The van der Waals surface area contributed by atoms with Crippen LogP contribution in [0.2, 0.25) is 0 Å². The molecule has 0 spiro atoms. The summed E-state index contributed by atoms with van der Waals surface area (Å²) in [7, 11) is 9.92. The van der Waals surface area contributed by atoms with Crippen LogP contribution in [0.1, 0.15) is 0 Å². The molecule has 0 aromatic carbocycles. The van der Waals surface area contributed by atoms with E-state index in [-0.39, 0.29) is 17.1 Å². The Hall–Kier alpha value is 2.02. The minimum absolute atomic E-state index is 0. The summed E-state index contributed by atoms with van der Waals surface area (Å²) in [5.41, 5.74) is 0. The standard InChI is InChI=1S/2ClH.Mn.Pb/h2*1H;;/q;;;+2/p-2. The van der Waals surface area contributed by atoms with E-state index in [9.17, 15) is 0 Å². The molecule has 0 rings (SSSR count). The van der Waals surface area contributed by atoms with Crippen molar-refractivity contribution >= 4 is 38.4 Å². The zero-order valence-electron chi connectivity index (χ0n) is 1.63. The summed E-state index contributed by atoms with van der Waals surface area (Å²) in [6.07, 6.45) is 0. The average Bonchev–Trinajstić information content (AvgIpc) is 0.918. The molecule has 0 saturated carbocycles. The fourth-order valence-corrected chi connectivity index (χ4v) is 0. The van der Waals surface area contributed by atoms with E-state index in [0.29, 0.717) is 0 Å². The van der Waals surface area contributed by atoms with Crippen LogP contribution in [0.15, 0.2) is 0 Å². The first-order valence-electron chi connectivity index (χ1n) is 0.378. The first-order valence-corrected chi connectivity index (χ1v) is 9.95. The summed E-state index contributed by atoms with van der Waals surface area (Å²) in [5, 5.41) is 0. The maximum absolute atomic E-state index is 4.96. The molecule has 0 aliphatic heterocycles. The zero-order chi connectivity index (χ0) is 2.71. The van der Waals surface area contributed by atoms with Gasteiger partial charge in [-0.1, -0.05) is 0 Å². The van der Waals surface area contributed by atoms with E-state index in [0.717, 1.165) is 0 Å². The second-order valence-electron chi connectivity index (χ2n) is 0.0714. The van der Waals surface area contributed by atoms with E-state index in [1.54, 1.807) is 0 Å². The molecule has 0 unspecified atom stereocenters. The summed E-state index contributed by atoms with van der Waals surface area (Å²) < 4.78 is 0. The Balaban J connectivity index is 0. The van der Waals surface area contributed by atoms with Crippen molar-refractivity contribution < 1.29 is 17.1 Å². The minimum Gasteiger partial charge on any atom is 0 e. The summed E-state index contributed by atoms with van der Waals surface area (Å²) in [6.45, 7) is 0. The van der Waals surface area contributed by atoms with Crippen molar-refractivity contribution in [1.29, 1.82) is 0 Å². The van der Waals surface area contributed by atoms with E-state index in [1.807, 2.05) is 0 Å². The molecule has 0 saturated heterocycles. The molecule has 0 aliphatic rings. The summed E-state index contributed by atoms with van der Waals surface area (Å²) in [5.74, 6) is 0. The van der Waals surface area contributed by atoms with Crippen molar-refractivity contribution in [3.63, 3.8) is 0 Å². The molecular formula is Cl2MnPb. The van der Waals surface area contributed by atoms with Gasteiger partial charge in [0.1, 0.15) is 0 Å². The molecule has 0 atom stereocenters. The van der Waals surface area contributed by atoms with E-state index in [1.165, 1.54) is 0 Å². The van der Waals surface area contributed by atoms with Crippen molar-refractivity contribution in [2.45, 2.75) is 0 Å². The van der Waals surface area contributed by atoms with Crippen LogP contribution in [0.5, 0.6) is 0 Å². The van der Waals surface area contributed by atoms with Crippen molar-refractivity contribution in [2.24, 2.45) is 0 Å². The summed E-state index contributed by atoms with van der Waals surface area (Å²) in [4.78, 5) is 0. The maximum Gasteiger partial charge on any atom is 0 e. The molecule has 3 radical (unpaired) electrons. The quantitative estimate of drug-likeness (QED) is 0.580. The van der Waals surface area contributed by atoms with Gasteiger partial charge >= 0.3 is 38.4 Å². The first-order chi connectivity index (χ1) is 1.41. The third-order valence-electron chi connectivity index (χ3n) is 0. The Morgan fingerprint density at radius 1 is 1.25 bits per heavy atom. The van der Waals surface area contributed by atoms with E-state index >= 15 is 0 Å². The predicted octanol–water partition coefficient (Wildman–Crippen LogP) is 0.996. The van der Waals surface area contributed by atoms with Gasteiger partial charge < -0.3 is 0 Å². The largest absolute Gasteiger partial charge is 0 e. The van der Waals surface area contributed by atoms with Gasteiger partial charge in [0.2, 0.25) is 0 Å². The Bertz CT molecular complexity index is 6.00. The van der Waals surface area contributed by atoms with Gasteiger partial charge in [-0.2, -0.15) is 0 Å². The molecule has 4 heteroatoms. The predicted molar refractivity (Wildman–Crippen MR) is 17.5 cm³/mol. The molecule has 0 bridgehead atoms. The molecule has 0 N–H and O–H groups in total. The van der Waals surface area contributed by atoms with Gasteiger partial charge in [0.05, 0.1) is 0 Å². The third-order valence-corrected chi connectivity index (χ3v) is 0. The molecule has 0 aliphatic carbocycles. The number of hydrogen-bond donors (Lipinski definition) is 0. The Kier molecular flexibility index (Phi) is 20.9. The monoisotopic (exact) mass is 333 g/mol. The summed E-state index contributed by atoms with van der Waals surface area (Å²) in [6, 6.07) is 0. The topological polar surface area (TPSA) is 0 Å². The second kappa shape index (κ2) is 8.90. The number of halogens is 2. The molecule has 0 amide bonds. The van der Waals surface area contributed by atoms with Crippen LogP contribution in [0.3, 0.4) is 0 Å². The van der Waals surface area contributed by atoms with Crippen molar-refractivity contribution in [1.82, 2.24) is 0 Å².